The van der Waals surface area contributed by atoms with Gasteiger partial charge in [0.2, 0.25) is 5.91 Å². The van der Waals surface area contributed by atoms with Gasteiger partial charge in [0.25, 0.3) is 0 Å². The highest BCUT2D eigenvalue weighted by molar-refractivity contribution is 14.0. The van der Waals surface area contributed by atoms with Gasteiger partial charge in [0, 0.05) is 44.5 Å². The number of carbonyl (C=O) groups excluding carboxylic acids is 1. The molecule has 0 spiro atoms. The van der Waals surface area contributed by atoms with Crippen molar-refractivity contribution in [1.82, 2.24) is 15.6 Å². The molecule has 0 unspecified atom stereocenters. The Hall–Kier alpha value is -1.68. The van der Waals surface area contributed by atoms with Crippen LogP contribution < -0.4 is 16.0 Å². The zero-order valence-corrected chi connectivity index (χ0v) is 18.5. The lowest BCUT2D eigenvalue weighted by molar-refractivity contribution is -0.114. The molecule has 2 rings (SSSR count). The molecule has 1 heterocycles. The fourth-order valence-electron chi connectivity index (χ4n) is 2.34. The lowest BCUT2D eigenvalue weighted by Gasteiger charge is -2.11. The number of hydrogen-bond acceptors (Lipinski definition) is 4. The Bertz CT molecular complexity index is 715. The molecule has 0 aliphatic carbocycles. The maximum atomic E-state index is 11.0. The van der Waals surface area contributed by atoms with Crippen LogP contribution in [0.4, 0.5) is 5.69 Å². The molecule has 0 fully saturated rings. The van der Waals surface area contributed by atoms with Crippen molar-refractivity contribution < 1.29 is 4.79 Å². The van der Waals surface area contributed by atoms with E-state index >= 15 is 0 Å². The number of aromatic nitrogens is 1. The Labute approximate surface area is 175 Å². The highest BCUT2D eigenvalue weighted by Crippen LogP contribution is 2.10. The second-order valence-corrected chi connectivity index (χ2v) is 6.72. The van der Waals surface area contributed by atoms with E-state index < -0.39 is 0 Å². The average molecular weight is 487 g/mol. The van der Waals surface area contributed by atoms with E-state index in [0.717, 1.165) is 48.3 Å². The summed E-state index contributed by atoms with van der Waals surface area (Å²) in [5, 5.41) is 12.6. The summed E-state index contributed by atoms with van der Waals surface area (Å²) in [6.07, 6.45) is 1.77. The Morgan fingerprint density at radius 2 is 1.81 bits per heavy atom. The molecule has 0 aliphatic heterocycles. The summed E-state index contributed by atoms with van der Waals surface area (Å²) in [5.41, 5.74) is 3.14. The number of nitrogens with zero attached hydrogens (tertiary/aromatic N) is 2. The Balaban J connectivity index is 0.00000338. The molecule has 0 saturated carbocycles. The topological polar surface area (TPSA) is 78.4 Å². The number of thiazole rings is 1. The Morgan fingerprint density at radius 1 is 1.15 bits per heavy atom. The van der Waals surface area contributed by atoms with Crippen LogP contribution in [0.1, 0.15) is 23.2 Å². The molecular weight excluding hydrogens is 461 g/mol. The predicted octanol–water partition coefficient (Wildman–Crippen LogP) is 2.98. The first-order chi connectivity index (χ1) is 12.1. The molecule has 1 amide bonds. The van der Waals surface area contributed by atoms with Crippen LogP contribution in [0.25, 0.3) is 0 Å². The van der Waals surface area contributed by atoms with Gasteiger partial charge in [0.05, 0.1) is 10.7 Å². The molecule has 3 N–H and O–H groups in total. The van der Waals surface area contributed by atoms with Crippen molar-refractivity contribution in [2.75, 3.05) is 25.5 Å². The summed E-state index contributed by atoms with van der Waals surface area (Å²) in [5.74, 6) is 0.735. The van der Waals surface area contributed by atoms with Gasteiger partial charge in [-0.1, -0.05) is 12.1 Å². The molecule has 0 saturated heterocycles. The van der Waals surface area contributed by atoms with Crippen LogP contribution in [0, 0.1) is 6.92 Å². The number of hydrogen-bond donors (Lipinski definition) is 3. The predicted molar refractivity (Wildman–Crippen MR) is 120 cm³/mol. The molecule has 0 aliphatic rings. The van der Waals surface area contributed by atoms with Gasteiger partial charge in [0.15, 0.2) is 5.96 Å². The van der Waals surface area contributed by atoms with Crippen LogP contribution in [0.15, 0.2) is 34.6 Å². The number of benzene rings is 1. The van der Waals surface area contributed by atoms with Crippen LogP contribution in [0.5, 0.6) is 0 Å². The normalized spacial score (nSPS) is 10.8. The first-order valence-corrected chi connectivity index (χ1v) is 9.17. The third kappa shape index (κ3) is 8.13. The first kappa shape index (κ1) is 22.4. The summed E-state index contributed by atoms with van der Waals surface area (Å²) in [4.78, 5) is 19.7. The van der Waals surface area contributed by atoms with E-state index in [1.807, 2.05) is 31.2 Å². The summed E-state index contributed by atoms with van der Waals surface area (Å²) < 4.78 is 0. The smallest absolute Gasteiger partial charge is 0.221 e. The number of carbonyl (C=O) groups is 1. The minimum atomic E-state index is -0.0582. The molecule has 6 nitrogen and oxygen atoms in total. The van der Waals surface area contributed by atoms with E-state index in [4.69, 9.17) is 0 Å². The zero-order valence-electron chi connectivity index (χ0n) is 15.3. The van der Waals surface area contributed by atoms with E-state index in [-0.39, 0.29) is 29.9 Å². The largest absolute Gasteiger partial charge is 0.356 e. The van der Waals surface area contributed by atoms with Crippen LogP contribution in [-0.4, -0.2) is 37.0 Å². The van der Waals surface area contributed by atoms with E-state index in [0.29, 0.717) is 0 Å². The summed E-state index contributed by atoms with van der Waals surface area (Å²) in [6.45, 7) is 5.11. The van der Waals surface area contributed by atoms with Crippen molar-refractivity contribution in [3.63, 3.8) is 0 Å². The van der Waals surface area contributed by atoms with Gasteiger partial charge in [-0.3, -0.25) is 9.79 Å². The minimum absolute atomic E-state index is 0. The fraction of sp³-hybridized carbons (Fsp3) is 0.389. The number of nitrogens with one attached hydrogen (secondary N) is 3. The zero-order chi connectivity index (χ0) is 18.1. The third-order valence-electron chi connectivity index (χ3n) is 3.54. The monoisotopic (exact) mass is 487 g/mol. The molecule has 2 aromatic rings. The van der Waals surface area contributed by atoms with Crippen molar-refractivity contribution in [1.29, 1.82) is 0 Å². The van der Waals surface area contributed by atoms with Gasteiger partial charge in [-0.25, -0.2) is 4.98 Å². The second kappa shape index (κ2) is 11.8. The van der Waals surface area contributed by atoms with E-state index in [1.54, 1.807) is 18.4 Å². The molecule has 1 aromatic carbocycles. The van der Waals surface area contributed by atoms with Crippen molar-refractivity contribution in [2.24, 2.45) is 4.99 Å². The summed E-state index contributed by atoms with van der Waals surface area (Å²) in [7, 11) is 1.77. The molecule has 142 valence electrons. The molecule has 0 bridgehead atoms. The molecule has 1 aromatic heterocycles. The van der Waals surface area contributed by atoms with Crippen molar-refractivity contribution in [2.45, 2.75) is 26.7 Å². The number of rotatable bonds is 7. The second-order valence-electron chi connectivity index (χ2n) is 5.66. The fourth-order valence-corrected chi connectivity index (χ4v) is 2.98. The SMILES string of the molecule is CN=C(NCCc1ccc(NC(C)=O)cc1)NCCc1csc(C)n1.I. The third-order valence-corrected chi connectivity index (χ3v) is 4.37. The van der Waals surface area contributed by atoms with Gasteiger partial charge >= 0.3 is 0 Å². The van der Waals surface area contributed by atoms with Gasteiger partial charge in [0.1, 0.15) is 0 Å². The van der Waals surface area contributed by atoms with Crippen molar-refractivity contribution in [3.8, 4) is 0 Å². The lowest BCUT2D eigenvalue weighted by atomic mass is 10.1. The van der Waals surface area contributed by atoms with E-state index in [2.05, 4.69) is 31.3 Å². The Morgan fingerprint density at radius 3 is 2.35 bits per heavy atom. The number of aliphatic imine (C=N–C) groups is 1. The quantitative estimate of drug-likeness (QED) is 0.319. The lowest BCUT2D eigenvalue weighted by Crippen LogP contribution is -2.39. The highest BCUT2D eigenvalue weighted by Gasteiger charge is 2.01. The standard InChI is InChI=1S/C18H25N5OS.HI/c1-13(24)22-16-6-4-15(5-7-16)8-10-20-18(19-3)21-11-9-17-12-25-14(2)23-17;/h4-7,12H,8-11H2,1-3H3,(H,22,24)(H2,19,20,21);1H. The van der Waals surface area contributed by atoms with Crippen LogP contribution in [-0.2, 0) is 17.6 Å². The van der Waals surface area contributed by atoms with E-state index in [9.17, 15) is 4.79 Å². The number of halogens is 1. The van der Waals surface area contributed by atoms with E-state index in [1.165, 1.54) is 12.5 Å². The van der Waals surface area contributed by atoms with Crippen molar-refractivity contribution in [3.05, 3.63) is 45.9 Å². The van der Waals surface area contributed by atoms with Gasteiger partial charge in [-0.2, -0.15) is 0 Å². The number of anilines is 1. The average Bonchev–Trinajstić information content (AvgIpc) is 3.00. The first-order valence-electron chi connectivity index (χ1n) is 8.29. The maximum absolute atomic E-state index is 11.0. The maximum Gasteiger partial charge on any atom is 0.221 e. The van der Waals surface area contributed by atoms with Crippen LogP contribution in [0.3, 0.4) is 0 Å². The number of guanidine groups is 1. The molecular formula is C18H26IN5OS. The van der Waals surface area contributed by atoms with Crippen LogP contribution in [0.2, 0.25) is 0 Å². The Kier molecular flexibility index (Phi) is 10.2. The van der Waals surface area contributed by atoms with Gasteiger partial charge in [-0.15, -0.1) is 35.3 Å². The summed E-state index contributed by atoms with van der Waals surface area (Å²) >= 11 is 1.68. The molecule has 0 radical (unpaired) electrons. The number of amides is 1. The van der Waals surface area contributed by atoms with Crippen LogP contribution >= 0.6 is 35.3 Å². The molecule has 8 heteroatoms. The van der Waals surface area contributed by atoms with Gasteiger partial charge in [-0.05, 0) is 31.0 Å². The van der Waals surface area contributed by atoms with Crippen molar-refractivity contribution >= 4 is 52.9 Å². The summed E-state index contributed by atoms with van der Waals surface area (Å²) in [6, 6.07) is 7.88. The molecule has 26 heavy (non-hydrogen) atoms. The van der Waals surface area contributed by atoms with Gasteiger partial charge < -0.3 is 16.0 Å². The number of aryl methyl sites for hydroxylation is 1. The highest BCUT2D eigenvalue weighted by atomic mass is 127. The minimum Gasteiger partial charge on any atom is -0.356 e. The molecule has 0 atom stereocenters.